The van der Waals surface area contributed by atoms with Crippen molar-refractivity contribution in [1.82, 2.24) is 15.0 Å². The Labute approximate surface area is 183 Å². The van der Waals surface area contributed by atoms with E-state index in [0.717, 1.165) is 6.07 Å². The molecule has 1 aromatic heterocycles. The molecular formula is C22H22F2N6O2. The second kappa shape index (κ2) is 7.92. The van der Waals surface area contributed by atoms with Crippen molar-refractivity contribution in [2.45, 2.75) is 25.3 Å². The van der Waals surface area contributed by atoms with Gasteiger partial charge >= 0.3 is 0 Å². The maximum absolute atomic E-state index is 13.7. The summed E-state index contributed by atoms with van der Waals surface area (Å²) in [5.74, 6) is -1.19. The SMILES string of the molecule is NC(=O)c1ccnc(N2C[C@H]3C[C@H](C(=O)N4N=CC[C@@H]4c4cc(F)cc(F)c4)C[C@H]3C2)n1. The van der Waals surface area contributed by atoms with Gasteiger partial charge in [0.1, 0.15) is 17.3 Å². The molecule has 10 heteroatoms. The zero-order valence-corrected chi connectivity index (χ0v) is 17.2. The van der Waals surface area contributed by atoms with Gasteiger partial charge in [-0.15, -0.1) is 0 Å². The number of nitrogens with zero attached hydrogens (tertiary/aromatic N) is 5. The van der Waals surface area contributed by atoms with E-state index in [0.29, 0.717) is 55.7 Å². The van der Waals surface area contributed by atoms with Gasteiger partial charge in [0.2, 0.25) is 11.9 Å². The molecule has 3 aliphatic rings. The number of anilines is 1. The Bertz CT molecular complexity index is 1080. The van der Waals surface area contributed by atoms with Gasteiger partial charge in [-0.05, 0) is 48.4 Å². The minimum atomic E-state index is -0.669. The zero-order chi connectivity index (χ0) is 22.4. The lowest BCUT2D eigenvalue weighted by Crippen LogP contribution is -2.33. The van der Waals surface area contributed by atoms with Crippen LogP contribution in [0.4, 0.5) is 14.7 Å². The van der Waals surface area contributed by atoms with E-state index in [1.54, 1.807) is 6.21 Å². The van der Waals surface area contributed by atoms with Crippen molar-refractivity contribution in [3.63, 3.8) is 0 Å². The van der Waals surface area contributed by atoms with Crippen LogP contribution in [0, 0.1) is 29.4 Å². The Balaban J connectivity index is 1.26. The Morgan fingerprint density at radius 3 is 2.41 bits per heavy atom. The van der Waals surface area contributed by atoms with Crippen molar-refractivity contribution in [3.8, 4) is 0 Å². The summed E-state index contributed by atoms with van der Waals surface area (Å²) < 4.78 is 27.4. The van der Waals surface area contributed by atoms with Crippen LogP contribution >= 0.6 is 0 Å². The standard InChI is InChI=1S/C22H22F2N6O2/c23-16-7-12(8-17(24)9-16)19-2-4-27-30(19)21(32)13-5-14-10-29(11-15(14)6-13)22-26-3-1-18(28-22)20(25)31/h1,3-4,7-9,13-15,19H,2,5-6,10-11H2,(H2,25,31)/t13-,14+,15-,19-/m1/s1. The van der Waals surface area contributed by atoms with Crippen LogP contribution in [-0.4, -0.2) is 46.1 Å². The number of carbonyl (C=O) groups is 2. The Hall–Kier alpha value is -3.43. The highest BCUT2D eigenvalue weighted by molar-refractivity contribution is 5.90. The van der Waals surface area contributed by atoms with Crippen LogP contribution in [0.1, 0.15) is 41.4 Å². The third-order valence-corrected chi connectivity index (χ3v) is 6.60. The first kappa shape index (κ1) is 20.5. The van der Waals surface area contributed by atoms with Gasteiger partial charge < -0.3 is 10.6 Å². The molecule has 8 nitrogen and oxygen atoms in total. The molecule has 2 fully saturated rings. The molecule has 1 aromatic carbocycles. The molecular weight excluding hydrogens is 418 g/mol. The predicted molar refractivity (Wildman–Crippen MR) is 112 cm³/mol. The summed E-state index contributed by atoms with van der Waals surface area (Å²) in [6.07, 6.45) is 4.96. The Morgan fingerprint density at radius 1 is 1.06 bits per heavy atom. The van der Waals surface area contributed by atoms with E-state index in [-0.39, 0.29) is 17.5 Å². The summed E-state index contributed by atoms with van der Waals surface area (Å²) in [7, 11) is 0. The topological polar surface area (TPSA) is 105 Å². The number of nitrogens with two attached hydrogens (primary N) is 1. The molecule has 4 atom stereocenters. The fraction of sp³-hybridized carbons (Fsp3) is 0.409. The van der Waals surface area contributed by atoms with Gasteiger partial charge in [-0.3, -0.25) is 9.59 Å². The maximum Gasteiger partial charge on any atom is 0.267 e. The summed E-state index contributed by atoms with van der Waals surface area (Å²) in [6, 6.07) is 4.32. The molecule has 0 spiro atoms. The van der Waals surface area contributed by atoms with Crippen molar-refractivity contribution in [2.24, 2.45) is 28.6 Å². The van der Waals surface area contributed by atoms with Gasteiger partial charge in [-0.2, -0.15) is 5.10 Å². The molecule has 1 saturated carbocycles. The average molecular weight is 440 g/mol. The molecule has 2 amide bonds. The Morgan fingerprint density at radius 2 is 1.75 bits per heavy atom. The number of carbonyl (C=O) groups excluding carboxylic acids is 2. The summed E-state index contributed by atoms with van der Waals surface area (Å²) in [5.41, 5.74) is 5.89. The predicted octanol–water partition coefficient (Wildman–Crippen LogP) is 2.28. The minimum absolute atomic E-state index is 0.110. The van der Waals surface area contributed by atoms with Gasteiger partial charge in [-0.1, -0.05) is 0 Å². The van der Waals surface area contributed by atoms with E-state index in [2.05, 4.69) is 15.1 Å². The van der Waals surface area contributed by atoms with Crippen molar-refractivity contribution < 1.29 is 18.4 Å². The molecule has 3 heterocycles. The number of aromatic nitrogens is 2. The average Bonchev–Trinajstić information content (AvgIpc) is 3.47. The van der Waals surface area contributed by atoms with Crippen molar-refractivity contribution in [3.05, 3.63) is 53.4 Å². The molecule has 166 valence electrons. The largest absolute Gasteiger partial charge is 0.364 e. The van der Waals surface area contributed by atoms with Crippen LogP contribution in [0.5, 0.6) is 0 Å². The Kier molecular flexibility index (Phi) is 5.07. The van der Waals surface area contributed by atoms with E-state index in [9.17, 15) is 18.4 Å². The number of amides is 2. The highest BCUT2D eigenvalue weighted by Gasteiger charge is 2.46. The van der Waals surface area contributed by atoms with Crippen molar-refractivity contribution in [2.75, 3.05) is 18.0 Å². The number of fused-ring (bicyclic) bond motifs is 1. The molecule has 0 unspecified atom stereocenters. The monoisotopic (exact) mass is 440 g/mol. The van der Waals surface area contributed by atoms with Gasteiger partial charge in [0.05, 0.1) is 6.04 Å². The van der Waals surface area contributed by atoms with Crippen molar-refractivity contribution in [1.29, 1.82) is 0 Å². The molecule has 2 aromatic rings. The highest BCUT2D eigenvalue weighted by Crippen LogP contribution is 2.44. The molecule has 2 N–H and O–H groups in total. The van der Waals surface area contributed by atoms with Gasteiger partial charge in [0.25, 0.3) is 5.91 Å². The summed E-state index contributed by atoms with van der Waals surface area (Å²) in [6.45, 7) is 1.39. The highest BCUT2D eigenvalue weighted by atomic mass is 19.1. The van der Waals surface area contributed by atoms with E-state index in [1.165, 1.54) is 29.4 Å². The third kappa shape index (κ3) is 3.69. The second-order valence-corrected chi connectivity index (χ2v) is 8.63. The number of rotatable bonds is 4. The molecule has 1 aliphatic carbocycles. The fourth-order valence-electron chi connectivity index (χ4n) is 5.16. The van der Waals surface area contributed by atoms with Gasteiger partial charge in [0.15, 0.2) is 0 Å². The number of benzene rings is 1. The molecule has 5 rings (SSSR count). The number of hydrazone groups is 1. The number of halogens is 2. The maximum atomic E-state index is 13.7. The van der Waals surface area contributed by atoms with Crippen LogP contribution in [0.15, 0.2) is 35.6 Å². The summed E-state index contributed by atoms with van der Waals surface area (Å²) in [4.78, 5) is 35.2. The van der Waals surface area contributed by atoms with Gasteiger partial charge in [0, 0.05) is 43.9 Å². The smallest absolute Gasteiger partial charge is 0.267 e. The lowest BCUT2D eigenvalue weighted by Gasteiger charge is -2.26. The molecule has 2 aliphatic heterocycles. The van der Waals surface area contributed by atoms with E-state index < -0.39 is 23.6 Å². The number of hydrogen-bond donors (Lipinski definition) is 1. The van der Waals surface area contributed by atoms with Crippen LogP contribution < -0.4 is 10.6 Å². The van der Waals surface area contributed by atoms with Crippen LogP contribution in [0.2, 0.25) is 0 Å². The molecule has 0 bridgehead atoms. The van der Waals surface area contributed by atoms with Crippen LogP contribution in [-0.2, 0) is 4.79 Å². The third-order valence-electron chi connectivity index (χ3n) is 6.60. The normalized spacial score (nSPS) is 26.6. The van der Waals surface area contributed by atoms with E-state index in [1.807, 2.05) is 4.90 Å². The number of primary amides is 1. The number of hydrogen-bond acceptors (Lipinski definition) is 6. The van der Waals surface area contributed by atoms with Crippen molar-refractivity contribution >= 4 is 24.0 Å². The minimum Gasteiger partial charge on any atom is -0.364 e. The molecule has 1 saturated heterocycles. The lowest BCUT2D eigenvalue weighted by molar-refractivity contribution is -0.137. The fourth-order valence-corrected chi connectivity index (χ4v) is 5.16. The quantitative estimate of drug-likeness (QED) is 0.785. The first-order chi connectivity index (χ1) is 15.4. The van der Waals surface area contributed by atoms with E-state index >= 15 is 0 Å². The van der Waals surface area contributed by atoms with Gasteiger partial charge in [-0.25, -0.2) is 23.8 Å². The van der Waals surface area contributed by atoms with Crippen LogP contribution in [0.3, 0.4) is 0 Å². The molecule has 32 heavy (non-hydrogen) atoms. The lowest BCUT2D eigenvalue weighted by atomic mass is 10.0. The summed E-state index contributed by atoms with van der Waals surface area (Å²) in [5, 5.41) is 5.61. The molecule has 0 radical (unpaired) electrons. The summed E-state index contributed by atoms with van der Waals surface area (Å²) >= 11 is 0. The van der Waals surface area contributed by atoms with E-state index in [4.69, 9.17) is 5.73 Å². The first-order valence-corrected chi connectivity index (χ1v) is 10.6. The zero-order valence-electron chi connectivity index (χ0n) is 17.2. The van der Waals surface area contributed by atoms with Crippen LogP contribution in [0.25, 0.3) is 0 Å². The second-order valence-electron chi connectivity index (χ2n) is 8.63. The first-order valence-electron chi connectivity index (χ1n) is 10.6.